The number of rotatable bonds is 5. The predicted molar refractivity (Wildman–Crippen MR) is 78.9 cm³/mol. The lowest BCUT2D eigenvalue weighted by Crippen LogP contribution is -2.42. The number of carbonyl (C=O) groups is 1. The van der Waals surface area contributed by atoms with Crippen molar-refractivity contribution in [3.05, 3.63) is 23.9 Å². The molecule has 1 aliphatic heterocycles. The quantitative estimate of drug-likeness (QED) is 0.864. The zero-order valence-electron chi connectivity index (χ0n) is 12.2. The van der Waals surface area contributed by atoms with Crippen molar-refractivity contribution in [3.8, 4) is 0 Å². The Hall–Kier alpha value is -1.62. The predicted octanol–water partition coefficient (Wildman–Crippen LogP) is 2.06. The van der Waals surface area contributed by atoms with Crippen LogP contribution in [0.5, 0.6) is 0 Å². The molecule has 0 unspecified atom stereocenters. The Morgan fingerprint density at radius 3 is 2.75 bits per heavy atom. The first-order valence-electron chi connectivity index (χ1n) is 7.27. The molecule has 1 aromatic heterocycles. The fourth-order valence-corrected chi connectivity index (χ4v) is 2.60. The molecule has 20 heavy (non-hydrogen) atoms. The van der Waals surface area contributed by atoms with Crippen molar-refractivity contribution in [3.63, 3.8) is 0 Å². The number of aromatic nitrogens is 1. The van der Waals surface area contributed by atoms with E-state index in [1.165, 1.54) is 0 Å². The summed E-state index contributed by atoms with van der Waals surface area (Å²) in [6, 6.07) is 3.82. The Kier molecular flexibility index (Phi) is 5.35. The van der Waals surface area contributed by atoms with E-state index in [9.17, 15) is 4.79 Å². The average Bonchev–Trinajstić information content (AvgIpc) is 2.53. The number of ether oxygens (including phenoxy) is 1. The molecule has 1 aromatic rings. The summed E-state index contributed by atoms with van der Waals surface area (Å²) in [6.45, 7) is 3.72. The summed E-state index contributed by atoms with van der Waals surface area (Å²) in [4.78, 5) is 16.4. The normalized spacial score (nSPS) is 17.5. The molecule has 0 bridgehead atoms. The second-order valence-electron chi connectivity index (χ2n) is 5.12. The highest BCUT2D eigenvalue weighted by molar-refractivity contribution is 5.94. The second-order valence-corrected chi connectivity index (χ2v) is 5.12. The second kappa shape index (κ2) is 7.24. The molecule has 1 amide bonds. The number of hydrogen-bond donors (Lipinski definition) is 2. The molecule has 110 valence electrons. The monoisotopic (exact) mass is 277 g/mol. The number of pyridine rings is 1. The van der Waals surface area contributed by atoms with Gasteiger partial charge in [0.2, 0.25) is 0 Å². The molecule has 2 rings (SSSR count). The van der Waals surface area contributed by atoms with Crippen molar-refractivity contribution >= 4 is 11.7 Å². The highest BCUT2D eigenvalue weighted by Crippen LogP contribution is 2.21. The maximum atomic E-state index is 12.3. The minimum absolute atomic E-state index is 0.0431. The zero-order chi connectivity index (χ0) is 14.4. The molecule has 0 saturated carbocycles. The van der Waals surface area contributed by atoms with Crippen molar-refractivity contribution in [2.75, 3.05) is 25.6 Å². The van der Waals surface area contributed by atoms with Crippen LogP contribution in [0, 0.1) is 5.92 Å². The van der Waals surface area contributed by atoms with Gasteiger partial charge in [0.1, 0.15) is 5.82 Å². The lowest BCUT2D eigenvalue weighted by molar-refractivity contribution is 0.0510. The Bertz CT molecular complexity index is 427. The van der Waals surface area contributed by atoms with E-state index in [-0.39, 0.29) is 11.9 Å². The van der Waals surface area contributed by atoms with E-state index in [1.54, 1.807) is 19.3 Å². The molecule has 1 fully saturated rings. The van der Waals surface area contributed by atoms with Crippen molar-refractivity contribution < 1.29 is 9.53 Å². The maximum absolute atomic E-state index is 12.3. The lowest BCUT2D eigenvalue weighted by atomic mass is 9.90. The van der Waals surface area contributed by atoms with Crippen LogP contribution in [0.3, 0.4) is 0 Å². The van der Waals surface area contributed by atoms with Crippen molar-refractivity contribution in [2.24, 2.45) is 5.92 Å². The lowest BCUT2D eigenvalue weighted by Gasteiger charge is -2.30. The van der Waals surface area contributed by atoms with E-state index in [4.69, 9.17) is 4.74 Å². The molecule has 5 heteroatoms. The summed E-state index contributed by atoms with van der Waals surface area (Å²) >= 11 is 0. The Labute approximate surface area is 120 Å². The standard InChI is InChI=1S/C15H23N3O2/c1-3-13(11-6-8-20-9-7-11)18-15(19)12-4-5-14(16-2)17-10-12/h4-5,10-11,13H,3,6-9H2,1-2H3,(H,16,17)(H,18,19)/t13-/m1/s1. The van der Waals surface area contributed by atoms with Crippen LogP contribution in [0.15, 0.2) is 18.3 Å². The van der Waals surface area contributed by atoms with Gasteiger partial charge in [0.15, 0.2) is 0 Å². The molecule has 0 radical (unpaired) electrons. The zero-order valence-corrected chi connectivity index (χ0v) is 12.2. The van der Waals surface area contributed by atoms with E-state index >= 15 is 0 Å². The van der Waals surface area contributed by atoms with Gasteiger partial charge in [0.05, 0.1) is 5.56 Å². The Morgan fingerprint density at radius 1 is 1.45 bits per heavy atom. The fraction of sp³-hybridized carbons (Fsp3) is 0.600. The summed E-state index contributed by atoms with van der Waals surface area (Å²) < 4.78 is 5.38. The molecule has 5 nitrogen and oxygen atoms in total. The van der Waals surface area contributed by atoms with E-state index in [1.807, 2.05) is 6.07 Å². The molecule has 0 aromatic carbocycles. The average molecular weight is 277 g/mol. The number of carbonyl (C=O) groups excluding carboxylic acids is 1. The van der Waals surface area contributed by atoms with Gasteiger partial charge in [-0.05, 0) is 37.3 Å². The van der Waals surface area contributed by atoms with E-state index < -0.39 is 0 Å². The van der Waals surface area contributed by atoms with Crippen molar-refractivity contribution in [1.29, 1.82) is 0 Å². The molecule has 1 saturated heterocycles. The van der Waals surface area contributed by atoms with Crippen LogP contribution in [-0.4, -0.2) is 37.2 Å². The number of hydrogen-bond acceptors (Lipinski definition) is 4. The van der Waals surface area contributed by atoms with Crippen molar-refractivity contribution in [1.82, 2.24) is 10.3 Å². The van der Waals surface area contributed by atoms with Crippen LogP contribution in [0.1, 0.15) is 36.5 Å². The van der Waals surface area contributed by atoms with Crippen LogP contribution in [0.25, 0.3) is 0 Å². The molecule has 2 heterocycles. The van der Waals surface area contributed by atoms with Gasteiger partial charge in [-0.3, -0.25) is 4.79 Å². The number of amides is 1. The smallest absolute Gasteiger partial charge is 0.253 e. The first-order chi connectivity index (χ1) is 9.74. The van der Waals surface area contributed by atoms with E-state index in [0.717, 1.165) is 38.3 Å². The van der Waals surface area contributed by atoms with Gasteiger partial charge in [-0.1, -0.05) is 6.92 Å². The number of anilines is 1. The summed E-state index contributed by atoms with van der Waals surface area (Å²) in [5.74, 6) is 1.23. The molecular weight excluding hydrogens is 254 g/mol. The maximum Gasteiger partial charge on any atom is 0.253 e. The largest absolute Gasteiger partial charge is 0.381 e. The van der Waals surface area contributed by atoms with Crippen LogP contribution in [0.4, 0.5) is 5.82 Å². The van der Waals surface area contributed by atoms with Gasteiger partial charge in [0, 0.05) is 32.5 Å². The molecule has 2 N–H and O–H groups in total. The summed E-state index contributed by atoms with van der Waals surface area (Å²) in [7, 11) is 1.81. The van der Waals surface area contributed by atoms with E-state index in [2.05, 4.69) is 22.5 Å². The van der Waals surface area contributed by atoms with Gasteiger partial charge in [-0.25, -0.2) is 4.98 Å². The van der Waals surface area contributed by atoms with Crippen LogP contribution >= 0.6 is 0 Å². The molecule has 1 atom stereocenters. The van der Waals surface area contributed by atoms with Crippen LogP contribution in [0.2, 0.25) is 0 Å². The minimum atomic E-state index is -0.0431. The van der Waals surface area contributed by atoms with Gasteiger partial charge in [-0.2, -0.15) is 0 Å². The first kappa shape index (κ1) is 14.8. The molecule has 0 spiro atoms. The summed E-state index contributed by atoms with van der Waals surface area (Å²) in [5.41, 5.74) is 0.606. The highest BCUT2D eigenvalue weighted by atomic mass is 16.5. The topological polar surface area (TPSA) is 63.2 Å². The molecule has 0 aliphatic carbocycles. The van der Waals surface area contributed by atoms with Gasteiger partial charge in [0.25, 0.3) is 5.91 Å². The summed E-state index contributed by atoms with van der Waals surface area (Å²) in [5, 5.41) is 6.08. The number of nitrogens with zero attached hydrogens (tertiary/aromatic N) is 1. The van der Waals surface area contributed by atoms with E-state index in [0.29, 0.717) is 11.5 Å². The molecular formula is C15H23N3O2. The van der Waals surface area contributed by atoms with Gasteiger partial charge in [-0.15, -0.1) is 0 Å². The first-order valence-corrected chi connectivity index (χ1v) is 7.27. The highest BCUT2D eigenvalue weighted by Gasteiger charge is 2.24. The van der Waals surface area contributed by atoms with Crippen LogP contribution in [-0.2, 0) is 4.74 Å². The fourth-order valence-electron chi connectivity index (χ4n) is 2.60. The van der Waals surface area contributed by atoms with Crippen LogP contribution < -0.4 is 10.6 Å². The Morgan fingerprint density at radius 2 is 2.20 bits per heavy atom. The minimum Gasteiger partial charge on any atom is -0.381 e. The van der Waals surface area contributed by atoms with Crippen molar-refractivity contribution in [2.45, 2.75) is 32.2 Å². The third-order valence-electron chi connectivity index (χ3n) is 3.87. The third-order valence-corrected chi connectivity index (χ3v) is 3.87. The molecule has 1 aliphatic rings. The van der Waals surface area contributed by atoms with Gasteiger partial charge >= 0.3 is 0 Å². The summed E-state index contributed by atoms with van der Waals surface area (Å²) in [6.07, 6.45) is 4.60. The SMILES string of the molecule is CC[C@@H](NC(=O)c1ccc(NC)nc1)C1CCOCC1. The van der Waals surface area contributed by atoms with Gasteiger partial charge < -0.3 is 15.4 Å². The number of nitrogens with one attached hydrogen (secondary N) is 2. The Balaban J connectivity index is 1.96. The third kappa shape index (κ3) is 3.70.